The van der Waals surface area contributed by atoms with Gasteiger partial charge in [0.05, 0.1) is 37.7 Å². The largest absolute Gasteiger partial charge is 0.224 e. The van der Waals surface area contributed by atoms with E-state index >= 15 is 0 Å². The minimum absolute atomic E-state index is 0.250. The second-order valence-corrected chi connectivity index (χ2v) is 19.6. The number of hydrogen-bond acceptors (Lipinski definition) is 8. The highest BCUT2D eigenvalue weighted by Crippen LogP contribution is 2.35. The summed E-state index contributed by atoms with van der Waals surface area (Å²) in [6.45, 7) is 7.92. The van der Waals surface area contributed by atoms with E-state index in [0.717, 1.165) is 63.5 Å². The zero-order valence-electron chi connectivity index (χ0n) is 26.2. The topological polar surface area (TPSA) is 137 Å². The molecular weight excluding hydrogens is 617 g/mol. The molecule has 8 nitrogen and oxygen atoms in total. The Morgan fingerprint density at radius 1 is 0.381 bits per heavy atom. The van der Waals surface area contributed by atoms with E-state index in [-0.39, 0.29) is 36.5 Å². The van der Waals surface area contributed by atoms with E-state index in [1.54, 1.807) is 0 Å². The zero-order chi connectivity index (χ0) is 31.9. The average molecular weight is 671 g/mol. The lowest BCUT2D eigenvalue weighted by atomic mass is 10.2. The van der Waals surface area contributed by atoms with E-state index in [1.165, 1.54) is 0 Å². The number of benzene rings is 1. The molecular formula is C30H54O8S4. The molecule has 42 heavy (non-hydrogen) atoms. The lowest BCUT2D eigenvalue weighted by Gasteiger charge is -2.18. The van der Waals surface area contributed by atoms with Crippen LogP contribution in [0.5, 0.6) is 0 Å². The molecule has 12 heteroatoms. The highest BCUT2D eigenvalue weighted by atomic mass is 32.2. The standard InChI is InChI=1S/C30H54O8S4/c1-5-9-13-17-21-39(31,32)27-25-28(40(33,34)22-18-14-10-6-2)30(42(37,38)24-20-16-12-8-4)29(26-27)41(35,36)23-19-15-11-7-3/h25-26H,5-24H2,1-4H3. The summed E-state index contributed by atoms with van der Waals surface area (Å²) < 4.78 is 109. The quantitative estimate of drug-likeness (QED) is 0.106. The summed E-state index contributed by atoms with van der Waals surface area (Å²) >= 11 is 0. The Hall–Kier alpha value is -0.980. The summed E-state index contributed by atoms with van der Waals surface area (Å²) in [5, 5.41) is 0. The lowest BCUT2D eigenvalue weighted by Crippen LogP contribution is -2.22. The van der Waals surface area contributed by atoms with E-state index < -0.39 is 64.7 Å². The third-order valence-corrected chi connectivity index (χ3v) is 15.0. The summed E-state index contributed by atoms with van der Waals surface area (Å²) in [5.41, 5.74) is 0. The van der Waals surface area contributed by atoms with Crippen LogP contribution in [0.1, 0.15) is 130 Å². The fourth-order valence-electron chi connectivity index (χ4n) is 4.82. The van der Waals surface area contributed by atoms with E-state index in [0.29, 0.717) is 32.1 Å². The summed E-state index contributed by atoms with van der Waals surface area (Å²) in [6.07, 6.45) is 10.3. The molecule has 0 radical (unpaired) electrons. The Balaban J connectivity index is 3.94. The van der Waals surface area contributed by atoms with Crippen LogP contribution < -0.4 is 0 Å². The first-order valence-corrected chi connectivity index (χ1v) is 22.4. The predicted octanol–water partition coefficient (Wildman–Crippen LogP) is 7.10. The molecule has 0 unspecified atom stereocenters. The van der Waals surface area contributed by atoms with Crippen molar-refractivity contribution in [3.63, 3.8) is 0 Å². The fourth-order valence-corrected chi connectivity index (χ4v) is 12.5. The molecule has 0 aromatic heterocycles. The summed E-state index contributed by atoms with van der Waals surface area (Å²) in [5.74, 6) is -1.46. The van der Waals surface area contributed by atoms with Gasteiger partial charge in [-0.2, -0.15) is 0 Å². The molecule has 0 amide bonds. The number of unbranched alkanes of at least 4 members (excludes halogenated alkanes) is 12. The van der Waals surface area contributed by atoms with E-state index in [4.69, 9.17) is 0 Å². The second-order valence-electron chi connectivity index (χ2n) is 11.3. The Morgan fingerprint density at radius 2 is 0.667 bits per heavy atom. The molecule has 246 valence electrons. The highest BCUT2D eigenvalue weighted by molar-refractivity contribution is 7.96. The Labute approximate surface area is 257 Å². The fraction of sp³-hybridized carbons (Fsp3) is 0.800. The van der Waals surface area contributed by atoms with Gasteiger partial charge in [0.2, 0.25) is 0 Å². The normalized spacial score (nSPS) is 13.0. The minimum Gasteiger partial charge on any atom is -0.224 e. The molecule has 0 atom stereocenters. The number of rotatable bonds is 24. The van der Waals surface area contributed by atoms with Crippen LogP contribution in [0.15, 0.2) is 31.7 Å². The SMILES string of the molecule is CCCCCCS(=O)(=O)c1cc(S(=O)(=O)CCCCCC)c(S(=O)(=O)CCCCCC)c(S(=O)(=O)CCCCCC)c1. The first kappa shape index (κ1) is 39.0. The van der Waals surface area contributed by atoms with Crippen LogP contribution in [0.3, 0.4) is 0 Å². The molecule has 0 aliphatic carbocycles. The summed E-state index contributed by atoms with van der Waals surface area (Å²) in [6, 6.07) is 1.83. The summed E-state index contributed by atoms with van der Waals surface area (Å²) in [4.78, 5) is -2.55. The molecule has 0 saturated carbocycles. The van der Waals surface area contributed by atoms with Gasteiger partial charge in [0.1, 0.15) is 4.90 Å². The van der Waals surface area contributed by atoms with Gasteiger partial charge >= 0.3 is 0 Å². The van der Waals surface area contributed by atoms with Crippen molar-refractivity contribution in [2.75, 3.05) is 23.0 Å². The highest BCUT2D eigenvalue weighted by Gasteiger charge is 2.36. The maximum Gasteiger partial charge on any atom is 0.180 e. The number of sulfone groups is 4. The third-order valence-electron chi connectivity index (χ3n) is 7.40. The van der Waals surface area contributed by atoms with Crippen LogP contribution in [-0.2, 0) is 39.3 Å². The van der Waals surface area contributed by atoms with Gasteiger partial charge in [-0.05, 0) is 37.8 Å². The van der Waals surface area contributed by atoms with Gasteiger partial charge in [0.25, 0.3) is 0 Å². The molecule has 1 rings (SSSR count). The number of hydrogen-bond donors (Lipinski definition) is 0. The minimum atomic E-state index is -4.38. The maximum absolute atomic E-state index is 13.8. The molecule has 0 heterocycles. The molecule has 0 N–H and O–H groups in total. The van der Waals surface area contributed by atoms with Crippen LogP contribution in [0.25, 0.3) is 0 Å². The molecule has 0 bridgehead atoms. The van der Waals surface area contributed by atoms with Crippen molar-refractivity contribution in [3.8, 4) is 0 Å². The molecule has 0 fully saturated rings. The Kier molecular flexibility index (Phi) is 17.4. The van der Waals surface area contributed by atoms with Crippen molar-refractivity contribution in [2.45, 2.75) is 150 Å². The van der Waals surface area contributed by atoms with E-state index in [1.807, 2.05) is 27.7 Å². The lowest BCUT2D eigenvalue weighted by molar-refractivity contribution is 0.564. The van der Waals surface area contributed by atoms with Gasteiger partial charge in [0, 0.05) is 0 Å². The average Bonchev–Trinajstić information content (AvgIpc) is 2.93. The monoisotopic (exact) mass is 670 g/mol. The molecule has 1 aromatic carbocycles. The van der Waals surface area contributed by atoms with Gasteiger partial charge < -0.3 is 0 Å². The van der Waals surface area contributed by atoms with Crippen molar-refractivity contribution in [3.05, 3.63) is 12.1 Å². The van der Waals surface area contributed by atoms with Crippen LogP contribution in [0.2, 0.25) is 0 Å². The van der Waals surface area contributed by atoms with Gasteiger partial charge in [-0.1, -0.05) is 105 Å². The van der Waals surface area contributed by atoms with E-state index in [2.05, 4.69) is 0 Å². The van der Waals surface area contributed by atoms with Crippen molar-refractivity contribution in [2.24, 2.45) is 0 Å². The van der Waals surface area contributed by atoms with Crippen molar-refractivity contribution in [1.29, 1.82) is 0 Å². The van der Waals surface area contributed by atoms with Gasteiger partial charge in [-0.3, -0.25) is 0 Å². The smallest absolute Gasteiger partial charge is 0.180 e. The van der Waals surface area contributed by atoms with Crippen LogP contribution in [0.4, 0.5) is 0 Å². The maximum atomic E-state index is 13.8. The predicted molar refractivity (Wildman–Crippen MR) is 171 cm³/mol. The molecule has 0 aliphatic rings. The molecule has 0 saturated heterocycles. The molecule has 0 aliphatic heterocycles. The van der Waals surface area contributed by atoms with Gasteiger partial charge in [0.15, 0.2) is 39.3 Å². The summed E-state index contributed by atoms with van der Waals surface area (Å²) in [7, 11) is -17.1. The van der Waals surface area contributed by atoms with Gasteiger partial charge in [-0.15, -0.1) is 0 Å². The first-order valence-electron chi connectivity index (χ1n) is 15.8. The molecule has 0 spiro atoms. The first-order chi connectivity index (χ1) is 19.7. The second kappa shape index (κ2) is 18.7. The third kappa shape index (κ3) is 12.6. The van der Waals surface area contributed by atoms with Crippen molar-refractivity contribution < 1.29 is 33.7 Å². The van der Waals surface area contributed by atoms with Crippen LogP contribution in [-0.4, -0.2) is 56.7 Å². The van der Waals surface area contributed by atoms with Gasteiger partial charge in [-0.25, -0.2) is 33.7 Å². The Bertz CT molecular complexity index is 1320. The van der Waals surface area contributed by atoms with E-state index in [9.17, 15) is 33.7 Å². The van der Waals surface area contributed by atoms with Crippen LogP contribution >= 0.6 is 0 Å². The van der Waals surface area contributed by atoms with Crippen LogP contribution in [0, 0.1) is 0 Å². The van der Waals surface area contributed by atoms with Crippen molar-refractivity contribution >= 4 is 39.3 Å². The zero-order valence-corrected chi connectivity index (χ0v) is 29.5. The molecule has 1 aromatic rings. The van der Waals surface area contributed by atoms with Crippen molar-refractivity contribution in [1.82, 2.24) is 0 Å². The Morgan fingerprint density at radius 3 is 0.976 bits per heavy atom.